The molecule has 0 aliphatic carbocycles. The van der Waals surface area contributed by atoms with E-state index in [0.29, 0.717) is 11.3 Å². The number of hydrogen-bond acceptors (Lipinski definition) is 3. The largest absolute Gasteiger partial charge is 0.305 e. The van der Waals surface area contributed by atoms with Gasteiger partial charge in [0.25, 0.3) is 0 Å². The molecule has 0 bridgehead atoms. The van der Waals surface area contributed by atoms with Crippen LogP contribution in [-0.4, -0.2) is 5.78 Å². The number of nitrogens with zero attached hydrogens (tertiary/aromatic N) is 1. The van der Waals surface area contributed by atoms with Crippen LogP contribution in [0.2, 0.25) is 0 Å². The van der Waals surface area contributed by atoms with Gasteiger partial charge in [-0.2, -0.15) is 0 Å². The van der Waals surface area contributed by atoms with Crippen molar-refractivity contribution >= 4 is 35.0 Å². The Kier molecular flexibility index (Phi) is 4.96. The molecule has 0 saturated heterocycles. The minimum Gasteiger partial charge on any atom is -0.305 e. The summed E-state index contributed by atoms with van der Waals surface area (Å²) in [6.45, 7) is 0. The number of allylic oxidation sites excluding steroid dienone is 1. The number of carbonyl (C=O) groups excluding carboxylic acids is 1. The van der Waals surface area contributed by atoms with Crippen molar-refractivity contribution in [2.45, 2.75) is 9.79 Å². The van der Waals surface area contributed by atoms with Crippen LogP contribution < -0.4 is 4.90 Å². The van der Waals surface area contributed by atoms with Crippen molar-refractivity contribution in [2.24, 2.45) is 0 Å². The van der Waals surface area contributed by atoms with Crippen LogP contribution in [0.4, 0.5) is 11.4 Å². The molecule has 4 aromatic carbocycles. The Hall–Kier alpha value is -3.56. The first-order valence-electron chi connectivity index (χ1n) is 9.84. The van der Waals surface area contributed by atoms with E-state index in [1.807, 2.05) is 91.0 Å². The molecule has 30 heavy (non-hydrogen) atoms. The van der Waals surface area contributed by atoms with Gasteiger partial charge in [-0.3, -0.25) is 4.79 Å². The van der Waals surface area contributed by atoms with E-state index in [1.54, 1.807) is 11.8 Å². The van der Waals surface area contributed by atoms with Gasteiger partial charge >= 0.3 is 0 Å². The molecule has 1 aliphatic heterocycles. The van der Waals surface area contributed by atoms with Gasteiger partial charge in [-0.1, -0.05) is 96.7 Å². The number of anilines is 2. The number of para-hydroxylation sites is 2. The van der Waals surface area contributed by atoms with Crippen LogP contribution >= 0.6 is 11.8 Å². The highest BCUT2D eigenvalue weighted by molar-refractivity contribution is 7.99. The molecule has 0 amide bonds. The van der Waals surface area contributed by atoms with Crippen LogP contribution in [0.5, 0.6) is 0 Å². The second-order valence-corrected chi connectivity index (χ2v) is 8.09. The maximum atomic E-state index is 13.8. The average Bonchev–Trinajstić information content (AvgIpc) is 2.82. The van der Waals surface area contributed by atoms with E-state index in [9.17, 15) is 4.79 Å². The molecular formula is C27H19NOS. The molecule has 1 heterocycles. The monoisotopic (exact) mass is 405 g/mol. The van der Waals surface area contributed by atoms with Gasteiger partial charge in [0.15, 0.2) is 0 Å². The zero-order chi connectivity index (χ0) is 20.3. The minimum atomic E-state index is -0.00374. The summed E-state index contributed by atoms with van der Waals surface area (Å²) in [6.07, 6.45) is 1.98. The first-order chi connectivity index (χ1) is 14.8. The third-order valence-corrected chi connectivity index (χ3v) is 6.17. The van der Waals surface area contributed by atoms with Crippen LogP contribution in [0, 0.1) is 0 Å². The molecule has 4 aromatic rings. The van der Waals surface area contributed by atoms with Crippen LogP contribution in [0.25, 0.3) is 6.08 Å². The quantitative estimate of drug-likeness (QED) is 0.264. The fraction of sp³-hybridized carbons (Fsp3) is 0. The normalized spacial score (nSPS) is 12.8. The number of Topliss-reactive ketones (excluding diaryl/α,β-unsaturated/α-hetero) is 1. The molecule has 0 atom stereocenters. The summed E-state index contributed by atoms with van der Waals surface area (Å²) in [5.41, 5.74) is 4.34. The first-order valence-corrected chi connectivity index (χ1v) is 10.7. The summed E-state index contributed by atoms with van der Waals surface area (Å²) >= 11 is 1.74. The number of fused-ring (bicyclic) bond motifs is 2. The molecule has 0 unspecified atom stereocenters. The zero-order valence-corrected chi connectivity index (χ0v) is 17.0. The number of hydrogen-bond donors (Lipinski definition) is 0. The average molecular weight is 406 g/mol. The Balaban J connectivity index is 1.74. The lowest BCUT2D eigenvalue weighted by atomic mass is 10.0. The molecule has 0 spiro atoms. The third kappa shape index (κ3) is 3.44. The lowest BCUT2D eigenvalue weighted by Crippen LogP contribution is -2.25. The molecule has 0 N–H and O–H groups in total. The minimum absolute atomic E-state index is 0.00374. The summed E-state index contributed by atoms with van der Waals surface area (Å²) in [5, 5.41) is 0. The Labute approximate surface area is 180 Å². The first kappa shape index (κ1) is 18.5. The zero-order valence-electron chi connectivity index (χ0n) is 16.2. The SMILES string of the molecule is O=C(C(=Cc1ccccc1)N1c2ccccc2Sc2ccccc21)c1ccccc1. The van der Waals surface area contributed by atoms with Gasteiger partial charge in [0.2, 0.25) is 5.78 Å². The topological polar surface area (TPSA) is 20.3 Å². The van der Waals surface area contributed by atoms with Crippen molar-refractivity contribution in [3.05, 3.63) is 126 Å². The fourth-order valence-electron chi connectivity index (χ4n) is 3.64. The Morgan fingerprint density at radius 3 is 1.73 bits per heavy atom. The predicted octanol–water partition coefficient (Wildman–Crippen LogP) is 7.21. The van der Waals surface area contributed by atoms with E-state index in [1.165, 1.54) is 0 Å². The highest BCUT2D eigenvalue weighted by Gasteiger charge is 2.29. The summed E-state index contributed by atoms with van der Waals surface area (Å²) in [4.78, 5) is 18.1. The van der Waals surface area contributed by atoms with E-state index >= 15 is 0 Å². The third-order valence-electron chi connectivity index (χ3n) is 5.04. The number of carbonyl (C=O) groups is 1. The highest BCUT2D eigenvalue weighted by Crippen LogP contribution is 2.50. The second-order valence-electron chi connectivity index (χ2n) is 7.01. The van der Waals surface area contributed by atoms with E-state index < -0.39 is 0 Å². The fourth-order valence-corrected chi connectivity index (χ4v) is 4.70. The van der Waals surface area contributed by atoms with Crippen LogP contribution in [0.15, 0.2) is 125 Å². The van der Waals surface area contributed by atoms with E-state index in [4.69, 9.17) is 0 Å². The van der Waals surface area contributed by atoms with Crippen molar-refractivity contribution in [3.63, 3.8) is 0 Å². The van der Waals surface area contributed by atoms with Crippen LogP contribution in [0.1, 0.15) is 15.9 Å². The van der Waals surface area contributed by atoms with Crippen molar-refractivity contribution in [2.75, 3.05) is 4.90 Å². The van der Waals surface area contributed by atoms with Crippen molar-refractivity contribution in [1.29, 1.82) is 0 Å². The van der Waals surface area contributed by atoms with Crippen molar-refractivity contribution < 1.29 is 4.79 Å². The molecule has 0 aromatic heterocycles. The van der Waals surface area contributed by atoms with Gasteiger partial charge in [-0.15, -0.1) is 0 Å². The van der Waals surface area contributed by atoms with E-state index in [0.717, 1.165) is 26.7 Å². The standard InChI is InChI=1S/C27H19NOS/c29-27(21-13-5-2-6-14-21)24(19-20-11-3-1-4-12-20)28-22-15-7-9-17-25(22)30-26-18-10-8-16-23(26)28/h1-19H. The molecule has 2 nitrogen and oxygen atoms in total. The Morgan fingerprint density at radius 1 is 0.633 bits per heavy atom. The van der Waals surface area contributed by atoms with Crippen LogP contribution in [-0.2, 0) is 0 Å². The van der Waals surface area contributed by atoms with Gasteiger partial charge in [-0.25, -0.2) is 0 Å². The van der Waals surface area contributed by atoms with Crippen molar-refractivity contribution in [3.8, 4) is 0 Å². The molecule has 0 saturated carbocycles. The molecule has 0 fully saturated rings. The summed E-state index contributed by atoms with van der Waals surface area (Å²) < 4.78 is 0. The molecule has 5 rings (SSSR count). The van der Waals surface area contributed by atoms with E-state index in [2.05, 4.69) is 29.2 Å². The lowest BCUT2D eigenvalue weighted by molar-refractivity contribution is 0.103. The number of rotatable bonds is 4. The molecular weight excluding hydrogens is 386 g/mol. The molecule has 1 aliphatic rings. The van der Waals surface area contributed by atoms with Gasteiger partial charge in [-0.05, 0) is 35.9 Å². The second kappa shape index (κ2) is 8.05. The summed E-state index contributed by atoms with van der Waals surface area (Å²) in [5.74, 6) is -0.00374. The molecule has 3 heteroatoms. The lowest BCUT2D eigenvalue weighted by Gasteiger charge is -2.34. The van der Waals surface area contributed by atoms with Crippen molar-refractivity contribution in [1.82, 2.24) is 0 Å². The van der Waals surface area contributed by atoms with Gasteiger partial charge in [0, 0.05) is 15.4 Å². The number of benzene rings is 4. The molecule has 144 valence electrons. The maximum absolute atomic E-state index is 13.8. The smallest absolute Gasteiger partial charge is 0.209 e. The van der Waals surface area contributed by atoms with E-state index in [-0.39, 0.29) is 5.78 Å². The molecule has 0 radical (unpaired) electrons. The Morgan fingerprint density at radius 2 is 1.13 bits per heavy atom. The summed E-state index contributed by atoms with van der Waals surface area (Å²) in [7, 11) is 0. The maximum Gasteiger partial charge on any atom is 0.209 e. The van der Waals surface area contributed by atoms with Crippen LogP contribution in [0.3, 0.4) is 0 Å². The number of ketones is 1. The van der Waals surface area contributed by atoms with Gasteiger partial charge in [0.05, 0.1) is 17.1 Å². The predicted molar refractivity (Wildman–Crippen MR) is 124 cm³/mol. The van der Waals surface area contributed by atoms with Gasteiger partial charge in [0.1, 0.15) is 0 Å². The van der Waals surface area contributed by atoms with Gasteiger partial charge < -0.3 is 4.90 Å². The summed E-state index contributed by atoms with van der Waals surface area (Å²) in [6, 6.07) is 36.0. The Bertz CT molecular complexity index is 1190. The highest BCUT2D eigenvalue weighted by atomic mass is 32.2.